The highest BCUT2D eigenvalue weighted by molar-refractivity contribution is 5.97. The summed E-state index contributed by atoms with van der Waals surface area (Å²) in [5, 5.41) is 3.41. The van der Waals surface area contributed by atoms with Gasteiger partial charge in [-0.25, -0.2) is 9.18 Å². The third kappa shape index (κ3) is 4.71. The summed E-state index contributed by atoms with van der Waals surface area (Å²) in [7, 11) is 0. The Labute approximate surface area is 240 Å². The number of nitrogens with one attached hydrogen (secondary N) is 1. The molecule has 5 nitrogen and oxygen atoms in total. The topological polar surface area (TPSA) is 50.8 Å². The molecule has 6 rings (SSSR count). The highest BCUT2D eigenvalue weighted by Crippen LogP contribution is 2.57. The minimum atomic E-state index is -1.15. The van der Waals surface area contributed by atoms with Crippen LogP contribution in [0, 0.1) is 12.7 Å². The van der Waals surface area contributed by atoms with Crippen LogP contribution >= 0.6 is 0 Å². The number of hydrogen-bond acceptors (Lipinski definition) is 5. The van der Waals surface area contributed by atoms with Gasteiger partial charge < -0.3 is 19.7 Å². The summed E-state index contributed by atoms with van der Waals surface area (Å²) in [6, 6.07) is 24.1. The molecule has 210 valence electrons. The molecule has 2 aliphatic heterocycles. The Balaban J connectivity index is 1.50. The number of unbranched alkanes of at least 4 members (excludes halogenated alkanes) is 2. The third-order valence-electron chi connectivity index (χ3n) is 8.09. The van der Waals surface area contributed by atoms with Gasteiger partial charge in [-0.1, -0.05) is 44.9 Å². The average molecular weight is 551 g/mol. The van der Waals surface area contributed by atoms with Gasteiger partial charge in [0.15, 0.2) is 5.60 Å². The molecule has 1 unspecified atom stereocenters. The molecule has 0 saturated carbocycles. The second-order valence-electron chi connectivity index (χ2n) is 10.9. The fourth-order valence-electron chi connectivity index (χ4n) is 5.90. The molecule has 0 saturated heterocycles. The lowest BCUT2D eigenvalue weighted by Gasteiger charge is -2.38. The molecule has 4 aromatic carbocycles. The van der Waals surface area contributed by atoms with Crippen LogP contribution < -0.4 is 15.0 Å². The van der Waals surface area contributed by atoms with E-state index < -0.39 is 5.60 Å². The first-order chi connectivity index (χ1) is 19.9. The number of fused-ring (bicyclic) bond motifs is 6. The lowest BCUT2D eigenvalue weighted by molar-refractivity contribution is 0.0224. The molecule has 2 heterocycles. The van der Waals surface area contributed by atoms with Gasteiger partial charge in [0.2, 0.25) is 0 Å². The van der Waals surface area contributed by atoms with Crippen LogP contribution in [0.5, 0.6) is 11.5 Å². The Morgan fingerprint density at radius 1 is 0.829 bits per heavy atom. The quantitative estimate of drug-likeness (QED) is 0.211. The fraction of sp³-hybridized carbons (Fsp3) is 0.286. The number of esters is 1. The van der Waals surface area contributed by atoms with E-state index in [0.717, 1.165) is 78.1 Å². The van der Waals surface area contributed by atoms with Crippen molar-refractivity contribution in [1.29, 1.82) is 0 Å². The molecule has 2 aliphatic rings. The van der Waals surface area contributed by atoms with Gasteiger partial charge in [0.25, 0.3) is 0 Å². The number of benzene rings is 4. The Morgan fingerprint density at radius 2 is 1.54 bits per heavy atom. The monoisotopic (exact) mass is 550 g/mol. The summed E-state index contributed by atoms with van der Waals surface area (Å²) in [4.78, 5) is 15.7. The van der Waals surface area contributed by atoms with E-state index in [1.807, 2.05) is 43.3 Å². The van der Waals surface area contributed by atoms with Crippen LogP contribution in [0.25, 0.3) is 0 Å². The number of hydrogen-bond donors (Lipinski definition) is 1. The Morgan fingerprint density at radius 3 is 2.27 bits per heavy atom. The smallest absolute Gasteiger partial charge is 0.340 e. The van der Waals surface area contributed by atoms with Crippen LogP contribution in [0.2, 0.25) is 0 Å². The lowest BCUT2D eigenvalue weighted by Crippen LogP contribution is -2.33. The molecule has 1 N–H and O–H groups in total. The number of anilines is 3. The summed E-state index contributed by atoms with van der Waals surface area (Å²) < 4.78 is 26.6. The minimum absolute atomic E-state index is 0.293. The van der Waals surface area contributed by atoms with Crippen molar-refractivity contribution in [3.63, 3.8) is 0 Å². The van der Waals surface area contributed by atoms with Gasteiger partial charge in [0.05, 0.1) is 5.56 Å². The van der Waals surface area contributed by atoms with Crippen molar-refractivity contribution in [1.82, 2.24) is 0 Å². The van der Waals surface area contributed by atoms with Crippen LogP contribution in [0.15, 0.2) is 78.9 Å². The molecule has 0 amide bonds. The van der Waals surface area contributed by atoms with Gasteiger partial charge in [-0.3, -0.25) is 0 Å². The molecule has 0 radical (unpaired) electrons. The number of carbonyl (C=O) groups is 1. The molecule has 0 aliphatic carbocycles. The van der Waals surface area contributed by atoms with Gasteiger partial charge in [-0.2, -0.15) is 0 Å². The van der Waals surface area contributed by atoms with Crippen LogP contribution in [0.4, 0.5) is 21.5 Å². The van der Waals surface area contributed by atoms with E-state index in [0.29, 0.717) is 17.1 Å². The molecule has 0 bridgehead atoms. The predicted octanol–water partition coefficient (Wildman–Crippen LogP) is 8.85. The zero-order valence-corrected chi connectivity index (χ0v) is 23.8. The molecule has 0 fully saturated rings. The van der Waals surface area contributed by atoms with E-state index in [4.69, 9.17) is 9.47 Å². The first-order valence-electron chi connectivity index (χ1n) is 14.5. The van der Waals surface area contributed by atoms with Gasteiger partial charge >= 0.3 is 5.97 Å². The summed E-state index contributed by atoms with van der Waals surface area (Å²) in [5.74, 6) is 0.689. The second kappa shape index (κ2) is 10.9. The van der Waals surface area contributed by atoms with Gasteiger partial charge in [0.1, 0.15) is 17.3 Å². The molecule has 4 aromatic rings. The first-order valence-corrected chi connectivity index (χ1v) is 14.5. The minimum Gasteiger partial charge on any atom is -0.456 e. The SMILES string of the molecule is CCCCN(CCCC)c1ccc2c(c1)Oc1cc(C)c(Nc3ccc(F)cc3)cc1C21OC(=O)c2ccccc21. The van der Waals surface area contributed by atoms with Gasteiger partial charge in [-0.05, 0) is 79.9 Å². The zero-order chi connectivity index (χ0) is 28.6. The Hall–Kier alpha value is -4.32. The zero-order valence-electron chi connectivity index (χ0n) is 23.8. The molecular formula is C35H35FN2O3. The number of nitrogens with zero attached hydrogens (tertiary/aromatic N) is 1. The molecule has 0 aromatic heterocycles. The van der Waals surface area contributed by atoms with Crippen LogP contribution in [-0.4, -0.2) is 19.1 Å². The molecule has 6 heteroatoms. The van der Waals surface area contributed by atoms with Crippen molar-refractivity contribution in [2.45, 2.75) is 52.1 Å². The number of ether oxygens (including phenoxy) is 2. The maximum atomic E-state index is 13.6. The van der Waals surface area contributed by atoms with E-state index in [1.54, 1.807) is 12.1 Å². The summed E-state index contributed by atoms with van der Waals surface area (Å²) in [5.41, 5.74) is 5.39. The maximum Gasteiger partial charge on any atom is 0.340 e. The van der Waals surface area contributed by atoms with E-state index in [2.05, 4.69) is 42.3 Å². The number of aryl methyl sites for hydroxylation is 1. The number of rotatable bonds is 9. The average Bonchev–Trinajstić information content (AvgIpc) is 3.27. The van der Waals surface area contributed by atoms with Crippen molar-refractivity contribution >= 4 is 23.0 Å². The van der Waals surface area contributed by atoms with E-state index in [9.17, 15) is 9.18 Å². The number of halogens is 1. The van der Waals surface area contributed by atoms with E-state index in [-0.39, 0.29) is 11.8 Å². The predicted molar refractivity (Wildman–Crippen MR) is 161 cm³/mol. The highest BCUT2D eigenvalue weighted by atomic mass is 19.1. The van der Waals surface area contributed by atoms with Crippen molar-refractivity contribution < 1.29 is 18.7 Å². The molecule has 1 atom stereocenters. The third-order valence-corrected chi connectivity index (χ3v) is 8.09. The van der Waals surface area contributed by atoms with Crippen molar-refractivity contribution in [2.24, 2.45) is 0 Å². The Kier molecular flexibility index (Phi) is 7.16. The van der Waals surface area contributed by atoms with Crippen LogP contribution in [-0.2, 0) is 10.3 Å². The number of carbonyl (C=O) groups excluding carboxylic acids is 1. The van der Waals surface area contributed by atoms with Crippen molar-refractivity contribution in [3.8, 4) is 11.5 Å². The standard InChI is InChI=1S/C35H35FN2O3/c1-4-6-18-38(19-7-5-2)26-16-17-29-33(21-26)40-32-20-23(3)31(37-25-14-12-24(36)13-15-25)22-30(32)35(29)28-11-9-8-10-27(28)34(39)41-35/h8-17,20-22,37H,4-7,18-19H2,1-3H3. The van der Waals surface area contributed by atoms with E-state index >= 15 is 0 Å². The maximum absolute atomic E-state index is 13.6. The largest absolute Gasteiger partial charge is 0.456 e. The lowest BCUT2D eigenvalue weighted by atomic mass is 9.77. The Bertz CT molecular complexity index is 1590. The summed E-state index contributed by atoms with van der Waals surface area (Å²) in [6.45, 7) is 8.38. The normalized spacial score (nSPS) is 16.4. The fourth-order valence-corrected chi connectivity index (χ4v) is 5.90. The molecule has 1 spiro atoms. The summed E-state index contributed by atoms with van der Waals surface area (Å²) >= 11 is 0. The second-order valence-corrected chi connectivity index (χ2v) is 10.9. The van der Waals surface area contributed by atoms with Gasteiger partial charge in [-0.15, -0.1) is 0 Å². The molecular weight excluding hydrogens is 515 g/mol. The highest BCUT2D eigenvalue weighted by Gasteiger charge is 2.53. The van der Waals surface area contributed by atoms with Crippen LogP contribution in [0.1, 0.15) is 72.1 Å². The van der Waals surface area contributed by atoms with Gasteiger partial charge in [0, 0.05) is 52.9 Å². The summed E-state index contributed by atoms with van der Waals surface area (Å²) in [6.07, 6.45) is 4.48. The van der Waals surface area contributed by atoms with E-state index in [1.165, 1.54) is 12.1 Å². The van der Waals surface area contributed by atoms with Crippen molar-refractivity contribution in [3.05, 3.63) is 112 Å². The molecule has 41 heavy (non-hydrogen) atoms. The van der Waals surface area contributed by atoms with Crippen molar-refractivity contribution in [2.75, 3.05) is 23.3 Å². The first kappa shape index (κ1) is 26.9. The van der Waals surface area contributed by atoms with Crippen LogP contribution in [0.3, 0.4) is 0 Å².